The maximum Gasteiger partial charge on any atom is 0.356 e. The molecule has 3 rings (SSSR count). The first kappa shape index (κ1) is 13.3. The Balaban J connectivity index is 1.65. The lowest BCUT2D eigenvalue weighted by Gasteiger charge is -2.47. The third-order valence-electron chi connectivity index (χ3n) is 4.58. The molecule has 0 aromatic carbocycles. The zero-order valence-electron chi connectivity index (χ0n) is 11.6. The summed E-state index contributed by atoms with van der Waals surface area (Å²) in [5.74, 6) is -0.375. The van der Waals surface area contributed by atoms with E-state index in [0.717, 1.165) is 12.8 Å². The molecule has 3 heterocycles. The van der Waals surface area contributed by atoms with Crippen LogP contribution in [0.4, 0.5) is 5.82 Å². The highest BCUT2D eigenvalue weighted by atomic mass is 16.4. The number of anilines is 1. The van der Waals surface area contributed by atoms with Gasteiger partial charge in [-0.05, 0) is 44.9 Å². The predicted octanol–water partition coefficient (Wildman–Crippen LogP) is 1.60. The Bertz CT molecular complexity index is 476. The van der Waals surface area contributed by atoms with Crippen LogP contribution in [0.5, 0.6) is 0 Å². The zero-order chi connectivity index (χ0) is 14.1. The van der Waals surface area contributed by atoms with E-state index in [1.807, 2.05) is 0 Å². The van der Waals surface area contributed by atoms with Gasteiger partial charge in [0.1, 0.15) is 5.82 Å². The molecule has 6 heteroatoms. The van der Waals surface area contributed by atoms with Gasteiger partial charge < -0.3 is 15.3 Å². The Hall–Kier alpha value is -1.69. The number of carboxylic acids is 1. The van der Waals surface area contributed by atoms with E-state index in [1.165, 1.54) is 25.3 Å². The summed E-state index contributed by atoms with van der Waals surface area (Å²) in [7, 11) is 2.23. The maximum atomic E-state index is 10.7. The standard InChI is InChI=1S/C14H20N4O2/c1-18-10-3-2-4-11(18)8-9(7-10)15-13-6-5-12(14(19)20)16-17-13/h5-6,9-11H,2-4,7-8H2,1H3,(H,15,17)(H,19,20). The van der Waals surface area contributed by atoms with Crippen LogP contribution in [0.1, 0.15) is 42.6 Å². The van der Waals surface area contributed by atoms with Crippen molar-refractivity contribution in [3.05, 3.63) is 17.8 Å². The van der Waals surface area contributed by atoms with Crippen LogP contribution in [0.25, 0.3) is 0 Å². The molecule has 2 fully saturated rings. The fourth-order valence-electron chi connectivity index (χ4n) is 3.47. The Kier molecular flexibility index (Phi) is 3.56. The molecule has 2 saturated heterocycles. The molecule has 1 aromatic heterocycles. The van der Waals surface area contributed by atoms with Gasteiger partial charge in [0.25, 0.3) is 0 Å². The van der Waals surface area contributed by atoms with Crippen LogP contribution in [-0.2, 0) is 0 Å². The number of piperidine rings is 2. The Morgan fingerprint density at radius 1 is 1.30 bits per heavy atom. The van der Waals surface area contributed by atoms with E-state index in [2.05, 4.69) is 27.5 Å². The molecular formula is C14H20N4O2. The summed E-state index contributed by atoms with van der Waals surface area (Å²) in [5, 5.41) is 19.9. The Morgan fingerprint density at radius 2 is 2.00 bits per heavy atom. The third kappa shape index (κ3) is 2.60. The van der Waals surface area contributed by atoms with Crippen molar-refractivity contribution in [3.63, 3.8) is 0 Å². The van der Waals surface area contributed by atoms with E-state index >= 15 is 0 Å². The number of aromatic carboxylic acids is 1. The summed E-state index contributed by atoms with van der Waals surface area (Å²) in [6.07, 6.45) is 6.12. The normalized spacial score (nSPS) is 29.9. The first-order valence-corrected chi connectivity index (χ1v) is 7.19. The van der Waals surface area contributed by atoms with E-state index in [-0.39, 0.29) is 5.69 Å². The molecule has 20 heavy (non-hydrogen) atoms. The summed E-state index contributed by atoms with van der Waals surface area (Å²) in [6, 6.07) is 4.92. The second-order valence-corrected chi connectivity index (χ2v) is 5.83. The predicted molar refractivity (Wildman–Crippen MR) is 74.8 cm³/mol. The number of hydrogen-bond acceptors (Lipinski definition) is 5. The molecule has 2 atom stereocenters. The van der Waals surface area contributed by atoms with E-state index in [4.69, 9.17) is 5.11 Å². The molecule has 108 valence electrons. The van der Waals surface area contributed by atoms with Crippen LogP contribution < -0.4 is 5.32 Å². The van der Waals surface area contributed by atoms with Crippen LogP contribution in [-0.4, -0.2) is 51.3 Å². The smallest absolute Gasteiger partial charge is 0.356 e. The van der Waals surface area contributed by atoms with Crippen molar-refractivity contribution in [2.24, 2.45) is 0 Å². The molecule has 0 radical (unpaired) electrons. The highest BCUT2D eigenvalue weighted by molar-refractivity contribution is 5.85. The van der Waals surface area contributed by atoms with Crippen molar-refractivity contribution in [1.82, 2.24) is 15.1 Å². The van der Waals surface area contributed by atoms with Crippen molar-refractivity contribution >= 4 is 11.8 Å². The molecule has 2 unspecified atom stereocenters. The van der Waals surface area contributed by atoms with E-state index < -0.39 is 5.97 Å². The minimum Gasteiger partial charge on any atom is -0.476 e. The van der Waals surface area contributed by atoms with E-state index in [0.29, 0.717) is 23.9 Å². The van der Waals surface area contributed by atoms with Crippen molar-refractivity contribution in [2.75, 3.05) is 12.4 Å². The molecule has 0 saturated carbocycles. The summed E-state index contributed by atoms with van der Waals surface area (Å²) in [5.41, 5.74) is -0.0178. The topological polar surface area (TPSA) is 78.4 Å². The van der Waals surface area contributed by atoms with Crippen LogP contribution in [0.2, 0.25) is 0 Å². The van der Waals surface area contributed by atoms with Gasteiger partial charge in [0.2, 0.25) is 0 Å². The van der Waals surface area contributed by atoms with Crippen LogP contribution in [0, 0.1) is 0 Å². The zero-order valence-corrected chi connectivity index (χ0v) is 11.6. The van der Waals surface area contributed by atoms with Gasteiger partial charge in [0.15, 0.2) is 5.69 Å². The second-order valence-electron chi connectivity index (χ2n) is 5.83. The van der Waals surface area contributed by atoms with Gasteiger partial charge in [-0.3, -0.25) is 0 Å². The molecule has 2 N–H and O–H groups in total. The molecule has 2 aliphatic rings. The first-order chi connectivity index (χ1) is 9.63. The van der Waals surface area contributed by atoms with E-state index in [9.17, 15) is 4.79 Å². The fourth-order valence-corrected chi connectivity index (χ4v) is 3.47. The van der Waals surface area contributed by atoms with Gasteiger partial charge in [0.05, 0.1) is 0 Å². The fraction of sp³-hybridized carbons (Fsp3) is 0.643. The van der Waals surface area contributed by atoms with Crippen molar-refractivity contribution in [2.45, 2.75) is 50.2 Å². The second kappa shape index (κ2) is 5.36. The molecule has 0 aliphatic carbocycles. The largest absolute Gasteiger partial charge is 0.476 e. The minimum atomic E-state index is -1.04. The summed E-state index contributed by atoms with van der Waals surface area (Å²) in [6.45, 7) is 0. The Labute approximate surface area is 118 Å². The van der Waals surface area contributed by atoms with Crippen molar-refractivity contribution < 1.29 is 9.90 Å². The quantitative estimate of drug-likeness (QED) is 0.873. The molecule has 6 nitrogen and oxygen atoms in total. The van der Waals surface area contributed by atoms with Crippen molar-refractivity contribution in [1.29, 1.82) is 0 Å². The number of nitrogens with one attached hydrogen (secondary N) is 1. The number of carbonyl (C=O) groups is 1. The first-order valence-electron chi connectivity index (χ1n) is 7.19. The number of carboxylic acid groups (broad SMARTS) is 1. The van der Waals surface area contributed by atoms with Crippen LogP contribution in [0.15, 0.2) is 12.1 Å². The monoisotopic (exact) mass is 276 g/mol. The van der Waals surface area contributed by atoms with Gasteiger partial charge >= 0.3 is 5.97 Å². The third-order valence-corrected chi connectivity index (χ3v) is 4.58. The summed E-state index contributed by atoms with van der Waals surface area (Å²) >= 11 is 0. The summed E-state index contributed by atoms with van der Waals surface area (Å²) < 4.78 is 0. The average Bonchev–Trinajstić information content (AvgIpc) is 2.40. The molecule has 2 aliphatic heterocycles. The number of nitrogens with zero attached hydrogens (tertiary/aromatic N) is 3. The van der Waals surface area contributed by atoms with E-state index in [1.54, 1.807) is 6.07 Å². The van der Waals surface area contributed by atoms with Crippen LogP contribution >= 0.6 is 0 Å². The van der Waals surface area contributed by atoms with Crippen molar-refractivity contribution in [3.8, 4) is 0 Å². The highest BCUT2D eigenvalue weighted by Gasteiger charge is 2.35. The number of hydrogen-bond donors (Lipinski definition) is 2. The Morgan fingerprint density at radius 3 is 2.55 bits per heavy atom. The molecule has 2 bridgehead atoms. The summed E-state index contributed by atoms with van der Waals surface area (Å²) in [4.78, 5) is 13.3. The lowest BCUT2D eigenvalue weighted by Crippen LogP contribution is -2.52. The van der Waals surface area contributed by atoms with Gasteiger partial charge in [0, 0.05) is 18.1 Å². The number of aromatic nitrogens is 2. The average molecular weight is 276 g/mol. The number of rotatable bonds is 3. The number of fused-ring (bicyclic) bond motifs is 2. The minimum absolute atomic E-state index is 0.0178. The van der Waals surface area contributed by atoms with Gasteiger partial charge in [-0.2, -0.15) is 0 Å². The van der Waals surface area contributed by atoms with Gasteiger partial charge in [-0.15, -0.1) is 10.2 Å². The maximum absolute atomic E-state index is 10.7. The lowest BCUT2D eigenvalue weighted by molar-refractivity contribution is 0.0607. The molecular weight excluding hydrogens is 256 g/mol. The molecule has 0 amide bonds. The molecule has 1 aromatic rings. The van der Waals surface area contributed by atoms with Gasteiger partial charge in [-0.1, -0.05) is 6.42 Å². The molecule has 0 spiro atoms. The lowest BCUT2D eigenvalue weighted by atomic mass is 9.82. The highest BCUT2D eigenvalue weighted by Crippen LogP contribution is 2.33. The van der Waals surface area contributed by atoms with Gasteiger partial charge in [-0.25, -0.2) is 4.79 Å². The van der Waals surface area contributed by atoms with Crippen LogP contribution in [0.3, 0.4) is 0 Å². The SMILES string of the molecule is CN1C2CCCC1CC(Nc1ccc(C(=O)O)nn1)C2.